The maximum Gasteiger partial charge on any atom is 0.183 e. The van der Waals surface area contributed by atoms with Crippen LogP contribution in [0.4, 0.5) is 5.69 Å². The Hall–Kier alpha value is -2.18. The SMILES string of the molecule is CCCN1CN(C)C(=S)N(c2c(C)noc2/C=C/c2ccccc2)C1. The molecule has 1 fully saturated rings. The summed E-state index contributed by atoms with van der Waals surface area (Å²) in [6.07, 6.45) is 5.11. The third-order valence-corrected chi connectivity index (χ3v) is 4.74. The molecule has 0 spiro atoms. The van der Waals surface area contributed by atoms with E-state index in [0.717, 1.165) is 54.1 Å². The van der Waals surface area contributed by atoms with Crippen molar-refractivity contribution >= 4 is 35.2 Å². The first kappa shape index (κ1) is 17.6. The second-order valence-electron chi connectivity index (χ2n) is 6.31. The van der Waals surface area contributed by atoms with Gasteiger partial charge in [0.1, 0.15) is 11.4 Å². The summed E-state index contributed by atoms with van der Waals surface area (Å²) in [5.74, 6) is 0.732. The molecule has 0 bridgehead atoms. The van der Waals surface area contributed by atoms with Crippen LogP contribution < -0.4 is 4.90 Å². The lowest BCUT2D eigenvalue weighted by Crippen LogP contribution is -2.57. The summed E-state index contributed by atoms with van der Waals surface area (Å²) >= 11 is 5.66. The number of hydrogen-bond donors (Lipinski definition) is 0. The van der Waals surface area contributed by atoms with Gasteiger partial charge in [-0.05, 0) is 37.2 Å². The highest BCUT2D eigenvalue weighted by atomic mass is 32.1. The summed E-state index contributed by atoms with van der Waals surface area (Å²) in [6.45, 7) is 6.78. The molecule has 0 unspecified atom stereocenters. The largest absolute Gasteiger partial charge is 0.354 e. The van der Waals surface area contributed by atoms with Crippen LogP contribution in [0.25, 0.3) is 12.2 Å². The zero-order valence-corrected chi connectivity index (χ0v) is 15.8. The number of rotatable bonds is 5. The molecule has 2 heterocycles. The predicted molar refractivity (Wildman–Crippen MR) is 106 cm³/mol. The minimum atomic E-state index is 0.732. The molecule has 3 rings (SSSR count). The van der Waals surface area contributed by atoms with Crippen molar-refractivity contribution in [2.45, 2.75) is 20.3 Å². The molecule has 0 saturated carbocycles. The lowest BCUT2D eigenvalue weighted by atomic mass is 10.2. The summed E-state index contributed by atoms with van der Waals surface area (Å²) in [7, 11) is 2.03. The highest BCUT2D eigenvalue weighted by Crippen LogP contribution is 2.29. The van der Waals surface area contributed by atoms with Gasteiger partial charge in [0.25, 0.3) is 0 Å². The molecular weight excluding hydrogens is 332 g/mol. The first-order chi connectivity index (χ1) is 12.1. The monoisotopic (exact) mass is 356 g/mol. The van der Waals surface area contributed by atoms with Crippen molar-refractivity contribution in [1.29, 1.82) is 0 Å². The van der Waals surface area contributed by atoms with E-state index >= 15 is 0 Å². The van der Waals surface area contributed by atoms with Gasteiger partial charge in [-0.2, -0.15) is 0 Å². The van der Waals surface area contributed by atoms with Gasteiger partial charge in [0.2, 0.25) is 0 Å². The maximum absolute atomic E-state index is 5.66. The third-order valence-electron chi connectivity index (χ3n) is 4.20. The Labute approximate surface area is 154 Å². The van der Waals surface area contributed by atoms with Crippen LogP contribution in [0.15, 0.2) is 34.9 Å². The number of aryl methyl sites for hydroxylation is 1. The van der Waals surface area contributed by atoms with Crippen LogP contribution in [0.1, 0.15) is 30.4 Å². The van der Waals surface area contributed by atoms with Crippen LogP contribution in [0, 0.1) is 6.92 Å². The molecule has 1 saturated heterocycles. The second kappa shape index (κ2) is 7.80. The van der Waals surface area contributed by atoms with E-state index in [1.165, 1.54) is 0 Å². The van der Waals surface area contributed by atoms with Crippen LogP contribution in [-0.2, 0) is 0 Å². The van der Waals surface area contributed by atoms with E-state index < -0.39 is 0 Å². The summed E-state index contributed by atoms with van der Waals surface area (Å²) in [4.78, 5) is 6.57. The van der Waals surface area contributed by atoms with Gasteiger partial charge in [-0.3, -0.25) is 4.90 Å². The quantitative estimate of drug-likeness (QED) is 0.758. The van der Waals surface area contributed by atoms with E-state index in [-0.39, 0.29) is 0 Å². The molecule has 1 aromatic carbocycles. The lowest BCUT2D eigenvalue weighted by Gasteiger charge is -2.42. The van der Waals surface area contributed by atoms with Gasteiger partial charge in [-0.25, -0.2) is 0 Å². The number of hydrogen-bond acceptors (Lipinski definition) is 4. The van der Waals surface area contributed by atoms with E-state index in [1.54, 1.807) is 0 Å². The number of aromatic nitrogens is 1. The Kier molecular flexibility index (Phi) is 5.50. The number of thiocarbonyl (C=S) groups is 1. The van der Waals surface area contributed by atoms with Gasteiger partial charge in [-0.1, -0.05) is 48.5 Å². The second-order valence-corrected chi connectivity index (χ2v) is 6.68. The van der Waals surface area contributed by atoms with Crippen molar-refractivity contribution < 1.29 is 4.52 Å². The molecule has 0 N–H and O–H groups in total. The standard InChI is InChI=1S/C19H24N4OS/c1-4-12-22-13-21(3)19(25)23(14-22)18-15(2)20-24-17(18)11-10-16-8-6-5-7-9-16/h5-11H,4,12-14H2,1-3H3/b11-10+. The maximum atomic E-state index is 5.66. The van der Waals surface area contributed by atoms with Crippen LogP contribution in [0.5, 0.6) is 0 Å². The fourth-order valence-electron chi connectivity index (χ4n) is 3.05. The van der Waals surface area contributed by atoms with Crippen LogP contribution >= 0.6 is 12.2 Å². The zero-order chi connectivity index (χ0) is 17.8. The van der Waals surface area contributed by atoms with Crippen molar-refractivity contribution in [3.63, 3.8) is 0 Å². The molecule has 5 nitrogen and oxygen atoms in total. The van der Waals surface area contributed by atoms with E-state index in [9.17, 15) is 0 Å². The molecule has 1 aliphatic heterocycles. The van der Waals surface area contributed by atoms with Crippen LogP contribution in [-0.4, -0.2) is 47.0 Å². The Bertz CT molecular complexity index is 756. The predicted octanol–water partition coefficient (Wildman–Crippen LogP) is 3.82. The molecular formula is C19H24N4OS. The van der Waals surface area contributed by atoms with E-state index in [4.69, 9.17) is 16.7 Å². The minimum Gasteiger partial charge on any atom is -0.354 e. The average molecular weight is 356 g/mol. The topological polar surface area (TPSA) is 35.8 Å². The van der Waals surface area contributed by atoms with Crippen molar-refractivity contribution in [1.82, 2.24) is 15.0 Å². The summed E-state index contributed by atoms with van der Waals surface area (Å²) < 4.78 is 5.57. The van der Waals surface area contributed by atoms with E-state index in [1.807, 2.05) is 44.3 Å². The molecule has 6 heteroatoms. The first-order valence-electron chi connectivity index (χ1n) is 8.54. The normalized spacial score (nSPS) is 16.2. The summed E-state index contributed by atoms with van der Waals surface area (Å²) in [6, 6.07) is 10.2. The van der Waals surface area contributed by atoms with Crippen molar-refractivity contribution in [3.05, 3.63) is 47.3 Å². The highest BCUT2D eigenvalue weighted by Gasteiger charge is 2.29. The molecule has 0 aliphatic carbocycles. The molecule has 2 aromatic rings. The van der Waals surface area contributed by atoms with E-state index in [2.05, 4.69) is 38.9 Å². The molecule has 132 valence electrons. The molecule has 0 atom stereocenters. The Balaban J connectivity index is 1.90. The molecule has 25 heavy (non-hydrogen) atoms. The molecule has 0 amide bonds. The van der Waals surface area contributed by atoms with Gasteiger partial charge in [0, 0.05) is 13.6 Å². The van der Waals surface area contributed by atoms with Gasteiger partial charge in [-0.15, -0.1) is 0 Å². The molecule has 0 radical (unpaired) electrons. The fraction of sp³-hybridized carbons (Fsp3) is 0.368. The van der Waals surface area contributed by atoms with Crippen molar-refractivity contribution in [3.8, 4) is 0 Å². The smallest absolute Gasteiger partial charge is 0.183 e. The van der Waals surface area contributed by atoms with Crippen LogP contribution in [0.2, 0.25) is 0 Å². The lowest BCUT2D eigenvalue weighted by molar-refractivity contribution is 0.186. The fourth-order valence-corrected chi connectivity index (χ4v) is 3.26. The number of nitrogens with zero attached hydrogens (tertiary/aromatic N) is 4. The molecule has 1 aliphatic rings. The summed E-state index contributed by atoms with van der Waals surface area (Å²) in [5, 5.41) is 4.97. The highest BCUT2D eigenvalue weighted by molar-refractivity contribution is 7.80. The average Bonchev–Trinajstić information content (AvgIpc) is 2.98. The Morgan fingerprint density at radius 3 is 2.68 bits per heavy atom. The van der Waals surface area contributed by atoms with Gasteiger partial charge >= 0.3 is 0 Å². The van der Waals surface area contributed by atoms with Crippen molar-refractivity contribution in [2.24, 2.45) is 0 Å². The number of anilines is 1. The van der Waals surface area contributed by atoms with Crippen molar-refractivity contribution in [2.75, 3.05) is 31.8 Å². The van der Waals surface area contributed by atoms with Gasteiger partial charge in [0.05, 0.1) is 13.3 Å². The zero-order valence-electron chi connectivity index (χ0n) is 15.0. The minimum absolute atomic E-state index is 0.732. The summed E-state index contributed by atoms with van der Waals surface area (Å²) in [5.41, 5.74) is 2.92. The van der Waals surface area contributed by atoms with Gasteiger partial charge in [0.15, 0.2) is 10.9 Å². The molecule has 1 aromatic heterocycles. The van der Waals surface area contributed by atoms with Gasteiger partial charge < -0.3 is 14.3 Å². The Morgan fingerprint density at radius 1 is 1.20 bits per heavy atom. The van der Waals surface area contributed by atoms with E-state index in [0.29, 0.717) is 0 Å². The first-order valence-corrected chi connectivity index (χ1v) is 8.95. The number of benzene rings is 1. The Morgan fingerprint density at radius 2 is 1.96 bits per heavy atom. The third kappa shape index (κ3) is 3.91. The van der Waals surface area contributed by atoms with Crippen LogP contribution in [0.3, 0.4) is 0 Å².